The molecule has 0 saturated carbocycles. The predicted octanol–water partition coefficient (Wildman–Crippen LogP) is 3.08. The molecule has 0 unspecified atom stereocenters. The summed E-state index contributed by atoms with van der Waals surface area (Å²) in [4.78, 5) is 21.3. The molecule has 0 aromatic carbocycles. The number of carbonyl (C=O) groups is 1. The molecule has 1 fully saturated rings. The minimum absolute atomic E-state index is 0.0965. The van der Waals surface area contributed by atoms with Crippen LogP contribution in [0.5, 0.6) is 0 Å². The van der Waals surface area contributed by atoms with E-state index in [1.807, 2.05) is 49.5 Å². The Bertz CT molecular complexity index is 955. The average molecular weight is 384 g/mol. The highest BCUT2D eigenvalue weighted by Gasteiger charge is 2.27. The van der Waals surface area contributed by atoms with E-state index in [0.29, 0.717) is 5.92 Å². The molecule has 1 aliphatic rings. The molecule has 142 valence electrons. The summed E-state index contributed by atoms with van der Waals surface area (Å²) in [6.45, 7) is 4.59. The normalized spacial score (nSPS) is 15.6. The molecule has 6 nitrogen and oxygen atoms in total. The number of hydrogen-bond donors (Lipinski definition) is 1. The van der Waals surface area contributed by atoms with Crippen LogP contribution in [0.1, 0.15) is 28.9 Å². The summed E-state index contributed by atoms with van der Waals surface area (Å²) in [5.74, 6) is 0.748. The van der Waals surface area contributed by atoms with E-state index in [4.69, 9.17) is 4.98 Å². The first-order valence-electron chi connectivity index (χ1n) is 9.40. The van der Waals surface area contributed by atoms with Crippen LogP contribution in [0.15, 0.2) is 23.6 Å². The zero-order chi connectivity index (χ0) is 19.0. The molecule has 1 N–H and O–H groups in total. The zero-order valence-corrected chi connectivity index (χ0v) is 16.8. The number of fused-ring (bicyclic) bond motifs is 1. The topological polar surface area (TPSA) is 63.1 Å². The van der Waals surface area contributed by atoms with Gasteiger partial charge >= 0.3 is 0 Å². The number of carbonyl (C=O) groups excluding carboxylic acids is 1. The molecule has 0 atom stereocenters. The van der Waals surface area contributed by atoms with E-state index < -0.39 is 0 Å². The van der Waals surface area contributed by atoms with Gasteiger partial charge < -0.3 is 10.2 Å². The van der Waals surface area contributed by atoms with E-state index in [-0.39, 0.29) is 5.91 Å². The molecule has 0 aliphatic carbocycles. The molecule has 0 radical (unpaired) electrons. The molecule has 27 heavy (non-hydrogen) atoms. The number of likely N-dealkylation sites (tertiary alicyclic amines) is 1. The van der Waals surface area contributed by atoms with Gasteiger partial charge in [-0.2, -0.15) is 5.10 Å². The molecule has 4 heterocycles. The number of pyridine rings is 1. The Kier molecular flexibility index (Phi) is 4.97. The summed E-state index contributed by atoms with van der Waals surface area (Å²) in [6, 6.07) is 6.00. The van der Waals surface area contributed by atoms with Gasteiger partial charge in [0, 0.05) is 20.1 Å². The standard InChI is InChI=1S/C20H25N5OS/c1-13-18-15(20(26)25-8-6-14(7-9-25)12-21-2)11-16(17-5-4-10-27-17)22-19(18)24(3)23-13/h4-5,10-11,14,21H,6-9,12H2,1-3H3. The van der Waals surface area contributed by atoms with Crippen LogP contribution < -0.4 is 5.32 Å². The highest BCUT2D eigenvalue weighted by Crippen LogP contribution is 2.30. The van der Waals surface area contributed by atoms with E-state index in [9.17, 15) is 4.79 Å². The highest BCUT2D eigenvalue weighted by atomic mass is 32.1. The van der Waals surface area contributed by atoms with Gasteiger partial charge in [0.25, 0.3) is 5.91 Å². The van der Waals surface area contributed by atoms with Gasteiger partial charge in [0.1, 0.15) is 0 Å². The van der Waals surface area contributed by atoms with Crippen molar-refractivity contribution >= 4 is 28.3 Å². The van der Waals surface area contributed by atoms with Crippen LogP contribution >= 0.6 is 11.3 Å². The lowest BCUT2D eigenvalue weighted by molar-refractivity contribution is 0.0693. The number of amides is 1. The third-order valence-electron chi connectivity index (χ3n) is 5.37. The molecule has 7 heteroatoms. The number of nitrogens with one attached hydrogen (secondary N) is 1. The molecular formula is C20H25N5OS. The van der Waals surface area contributed by atoms with Crippen LogP contribution in [0.3, 0.4) is 0 Å². The van der Waals surface area contributed by atoms with Gasteiger partial charge in [0.15, 0.2) is 5.65 Å². The van der Waals surface area contributed by atoms with E-state index in [1.165, 1.54) is 0 Å². The first-order chi connectivity index (χ1) is 13.1. The predicted molar refractivity (Wildman–Crippen MR) is 109 cm³/mol. The summed E-state index contributed by atoms with van der Waals surface area (Å²) in [5.41, 5.74) is 3.19. The Hall–Kier alpha value is -2.25. The second-order valence-electron chi connectivity index (χ2n) is 7.23. The van der Waals surface area contributed by atoms with E-state index >= 15 is 0 Å². The number of hydrogen-bond acceptors (Lipinski definition) is 5. The molecule has 1 aliphatic heterocycles. The van der Waals surface area contributed by atoms with Crippen molar-refractivity contribution in [1.29, 1.82) is 0 Å². The van der Waals surface area contributed by atoms with Gasteiger partial charge in [-0.1, -0.05) is 6.07 Å². The van der Waals surface area contributed by atoms with Gasteiger partial charge in [-0.25, -0.2) is 4.98 Å². The Morgan fingerprint density at radius 2 is 2.15 bits per heavy atom. The summed E-state index contributed by atoms with van der Waals surface area (Å²) in [6.07, 6.45) is 2.09. The van der Waals surface area contributed by atoms with Crippen molar-refractivity contribution in [2.45, 2.75) is 19.8 Å². The lowest BCUT2D eigenvalue weighted by atomic mass is 9.96. The smallest absolute Gasteiger partial charge is 0.254 e. The maximum Gasteiger partial charge on any atom is 0.254 e. The van der Waals surface area contributed by atoms with Gasteiger partial charge in [-0.3, -0.25) is 9.48 Å². The van der Waals surface area contributed by atoms with E-state index in [0.717, 1.165) is 65.3 Å². The van der Waals surface area contributed by atoms with Crippen LogP contribution in [0, 0.1) is 12.8 Å². The van der Waals surface area contributed by atoms with Crippen molar-refractivity contribution < 1.29 is 4.79 Å². The van der Waals surface area contributed by atoms with Gasteiger partial charge in [0.05, 0.1) is 27.2 Å². The molecule has 4 rings (SSSR count). The SMILES string of the molecule is CNCC1CCN(C(=O)c2cc(-c3cccs3)nc3c2c(C)nn3C)CC1. The van der Waals surface area contributed by atoms with Crippen molar-refractivity contribution in [3.05, 3.63) is 34.8 Å². The first-order valence-corrected chi connectivity index (χ1v) is 10.3. The number of piperidine rings is 1. The molecule has 3 aromatic rings. The lowest BCUT2D eigenvalue weighted by Gasteiger charge is -2.32. The fraction of sp³-hybridized carbons (Fsp3) is 0.450. The highest BCUT2D eigenvalue weighted by molar-refractivity contribution is 7.13. The third-order valence-corrected chi connectivity index (χ3v) is 6.26. The Balaban J connectivity index is 1.73. The van der Waals surface area contributed by atoms with Crippen molar-refractivity contribution in [2.24, 2.45) is 13.0 Å². The maximum atomic E-state index is 13.4. The van der Waals surface area contributed by atoms with E-state index in [1.54, 1.807) is 16.0 Å². The fourth-order valence-corrected chi connectivity index (χ4v) is 4.65. The number of rotatable bonds is 4. The Labute approximate surface area is 163 Å². The molecule has 1 saturated heterocycles. The summed E-state index contributed by atoms with van der Waals surface area (Å²) < 4.78 is 1.78. The number of aryl methyl sites for hydroxylation is 2. The second-order valence-corrected chi connectivity index (χ2v) is 8.18. The first kappa shape index (κ1) is 18.1. The second kappa shape index (κ2) is 7.40. The van der Waals surface area contributed by atoms with Crippen LogP contribution in [0.2, 0.25) is 0 Å². The summed E-state index contributed by atoms with van der Waals surface area (Å²) >= 11 is 1.63. The molecule has 0 spiro atoms. The Morgan fingerprint density at radius 3 is 2.81 bits per heavy atom. The van der Waals surface area contributed by atoms with Gasteiger partial charge in [-0.05, 0) is 56.8 Å². The maximum absolute atomic E-state index is 13.4. The van der Waals surface area contributed by atoms with Crippen LogP contribution in [-0.4, -0.2) is 52.3 Å². The molecule has 3 aromatic heterocycles. The van der Waals surface area contributed by atoms with Crippen molar-refractivity contribution in [1.82, 2.24) is 25.0 Å². The molecule has 1 amide bonds. The number of aromatic nitrogens is 3. The summed E-state index contributed by atoms with van der Waals surface area (Å²) in [7, 11) is 3.88. The number of nitrogens with zero attached hydrogens (tertiary/aromatic N) is 4. The third kappa shape index (κ3) is 3.37. The molecular weight excluding hydrogens is 358 g/mol. The van der Waals surface area contributed by atoms with Crippen molar-refractivity contribution in [2.75, 3.05) is 26.7 Å². The van der Waals surface area contributed by atoms with Crippen molar-refractivity contribution in [3.8, 4) is 10.6 Å². The quantitative estimate of drug-likeness (QED) is 0.752. The number of thiophene rings is 1. The van der Waals surface area contributed by atoms with Crippen molar-refractivity contribution in [3.63, 3.8) is 0 Å². The monoisotopic (exact) mass is 383 g/mol. The van der Waals surface area contributed by atoms with Gasteiger partial charge in [-0.15, -0.1) is 11.3 Å². The minimum Gasteiger partial charge on any atom is -0.339 e. The summed E-state index contributed by atoms with van der Waals surface area (Å²) in [5, 5.41) is 10.7. The minimum atomic E-state index is 0.0965. The molecule has 0 bridgehead atoms. The van der Waals surface area contributed by atoms with E-state index in [2.05, 4.69) is 10.4 Å². The van der Waals surface area contributed by atoms with Crippen LogP contribution in [0.25, 0.3) is 21.6 Å². The van der Waals surface area contributed by atoms with Gasteiger partial charge in [0.2, 0.25) is 0 Å². The average Bonchev–Trinajstić information content (AvgIpc) is 3.30. The fourth-order valence-electron chi connectivity index (χ4n) is 3.96. The zero-order valence-electron chi connectivity index (χ0n) is 16.0. The Morgan fingerprint density at radius 1 is 1.37 bits per heavy atom. The largest absolute Gasteiger partial charge is 0.339 e. The van der Waals surface area contributed by atoms with Crippen LogP contribution in [0.4, 0.5) is 0 Å². The lowest BCUT2D eigenvalue weighted by Crippen LogP contribution is -2.40. The van der Waals surface area contributed by atoms with Crippen LogP contribution in [-0.2, 0) is 7.05 Å².